The molecule has 2 bridgehead atoms. The number of carbonyl (C=O) groups is 1. The Morgan fingerprint density at radius 1 is 1.43 bits per heavy atom. The number of nitrogens with zero attached hydrogens (tertiary/aromatic N) is 3. The molecular weight excluding hydrogens is 290 g/mol. The van der Waals surface area contributed by atoms with E-state index in [9.17, 15) is 9.90 Å². The second-order valence-electron chi connectivity index (χ2n) is 6.19. The molecule has 2 aliphatic carbocycles. The number of thioether (sulfide) groups is 1. The van der Waals surface area contributed by atoms with Gasteiger partial charge in [-0.3, -0.25) is 4.79 Å². The highest BCUT2D eigenvalue weighted by atomic mass is 32.2. The topological polar surface area (TPSA) is 88.2 Å². The van der Waals surface area contributed by atoms with Crippen LogP contribution in [-0.2, 0) is 11.4 Å². The normalized spacial score (nSPS) is 29.0. The van der Waals surface area contributed by atoms with Crippen LogP contribution in [0.2, 0.25) is 0 Å². The molecule has 6 nitrogen and oxygen atoms in total. The van der Waals surface area contributed by atoms with Crippen molar-refractivity contribution in [2.75, 3.05) is 5.75 Å². The Hall–Kier alpha value is -1.08. The zero-order valence-corrected chi connectivity index (χ0v) is 12.9. The third kappa shape index (κ3) is 2.81. The molecule has 1 aromatic rings. The van der Waals surface area contributed by atoms with Crippen LogP contribution in [0.5, 0.6) is 0 Å². The third-order valence-corrected chi connectivity index (χ3v) is 5.95. The second-order valence-corrected chi connectivity index (χ2v) is 7.13. The predicted molar refractivity (Wildman–Crippen MR) is 78.0 cm³/mol. The summed E-state index contributed by atoms with van der Waals surface area (Å²) in [6, 6.07) is 0.216. The van der Waals surface area contributed by atoms with E-state index in [1.54, 1.807) is 0 Å². The Balaban J connectivity index is 1.81. The maximum Gasteiger partial charge on any atom is 0.313 e. The first-order valence-corrected chi connectivity index (χ1v) is 8.48. The number of carboxylic acids is 1. The maximum atomic E-state index is 10.8. The van der Waals surface area contributed by atoms with E-state index in [1.807, 2.05) is 4.57 Å². The molecule has 1 aromatic heterocycles. The van der Waals surface area contributed by atoms with Crippen LogP contribution in [0.25, 0.3) is 0 Å². The largest absolute Gasteiger partial charge is 0.481 e. The molecule has 4 atom stereocenters. The Kier molecular flexibility index (Phi) is 4.21. The van der Waals surface area contributed by atoms with Gasteiger partial charge in [0.05, 0.1) is 5.75 Å². The number of aliphatic hydroxyl groups is 1. The number of aliphatic carboxylic acids is 1. The first-order chi connectivity index (χ1) is 10.1. The van der Waals surface area contributed by atoms with E-state index < -0.39 is 5.97 Å². The van der Waals surface area contributed by atoms with E-state index in [2.05, 4.69) is 17.1 Å². The van der Waals surface area contributed by atoms with Gasteiger partial charge in [0.1, 0.15) is 6.61 Å². The number of hydrogen-bond donors (Lipinski definition) is 2. The van der Waals surface area contributed by atoms with Crippen molar-refractivity contribution in [3.63, 3.8) is 0 Å². The van der Waals surface area contributed by atoms with Gasteiger partial charge in [0.15, 0.2) is 11.0 Å². The molecular formula is C14H21N3O3S. The van der Waals surface area contributed by atoms with Gasteiger partial charge in [0, 0.05) is 6.04 Å². The van der Waals surface area contributed by atoms with E-state index in [0.717, 1.165) is 11.8 Å². The zero-order valence-electron chi connectivity index (χ0n) is 12.1. The Morgan fingerprint density at radius 3 is 2.81 bits per heavy atom. The monoisotopic (exact) mass is 311 g/mol. The minimum Gasteiger partial charge on any atom is -0.481 e. The van der Waals surface area contributed by atoms with E-state index in [4.69, 9.17) is 5.11 Å². The van der Waals surface area contributed by atoms with Crippen molar-refractivity contribution in [1.82, 2.24) is 14.8 Å². The average molecular weight is 311 g/mol. The van der Waals surface area contributed by atoms with Gasteiger partial charge >= 0.3 is 5.97 Å². The van der Waals surface area contributed by atoms with E-state index >= 15 is 0 Å². The van der Waals surface area contributed by atoms with Gasteiger partial charge < -0.3 is 14.8 Å². The molecule has 0 spiro atoms. The number of aromatic nitrogens is 3. The molecule has 116 valence electrons. The van der Waals surface area contributed by atoms with Gasteiger partial charge in [-0.25, -0.2) is 0 Å². The minimum absolute atomic E-state index is 0.0347. The fraction of sp³-hybridized carbons (Fsp3) is 0.786. The van der Waals surface area contributed by atoms with Crippen molar-refractivity contribution in [3.05, 3.63) is 5.82 Å². The predicted octanol–water partition coefficient (Wildman–Crippen LogP) is 1.94. The van der Waals surface area contributed by atoms with Crippen molar-refractivity contribution in [2.45, 2.75) is 50.4 Å². The molecule has 4 unspecified atom stereocenters. The number of hydrogen-bond acceptors (Lipinski definition) is 5. The molecule has 0 aliphatic heterocycles. The summed E-state index contributed by atoms with van der Waals surface area (Å²) in [4.78, 5) is 10.8. The first-order valence-electron chi connectivity index (χ1n) is 7.49. The number of rotatable bonds is 6. The van der Waals surface area contributed by atoms with Crippen LogP contribution < -0.4 is 0 Å². The molecule has 2 saturated carbocycles. The van der Waals surface area contributed by atoms with Gasteiger partial charge in [-0.1, -0.05) is 18.2 Å². The summed E-state index contributed by atoms with van der Waals surface area (Å²) in [5.74, 6) is 1.84. The van der Waals surface area contributed by atoms with Crippen molar-refractivity contribution >= 4 is 17.7 Å². The standard InChI is InChI=1S/C14H21N3O3S/c1-8(11-5-9-2-3-10(11)4-9)17-12(6-18)15-16-14(17)21-7-13(19)20/h8-11,18H,2-7H2,1H3,(H,19,20). The van der Waals surface area contributed by atoms with Crippen LogP contribution in [0.1, 0.15) is 44.5 Å². The van der Waals surface area contributed by atoms with Crippen molar-refractivity contribution in [2.24, 2.45) is 17.8 Å². The second kappa shape index (κ2) is 5.96. The summed E-state index contributed by atoms with van der Waals surface area (Å²) in [5.41, 5.74) is 0. The summed E-state index contributed by atoms with van der Waals surface area (Å²) >= 11 is 1.18. The van der Waals surface area contributed by atoms with Gasteiger partial charge in [0.2, 0.25) is 0 Å². The zero-order chi connectivity index (χ0) is 15.0. The van der Waals surface area contributed by atoms with Crippen molar-refractivity contribution in [1.29, 1.82) is 0 Å². The van der Waals surface area contributed by atoms with Crippen LogP contribution in [-0.4, -0.2) is 36.7 Å². The number of carboxylic acid groups (broad SMARTS) is 1. The molecule has 2 N–H and O–H groups in total. The lowest BCUT2D eigenvalue weighted by Gasteiger charge is -2.30. The Labute approximate surface area is 127 Å². The molecule has 7 heteroatoms. The van der Waals surface area contributed by atoms with Crippen LogP contribution in [0.15, 0.2) is 5.16 Å². The van der Waals surface area contributed by atoms with E-state index in [-0.39, 0.29) is 18.4 Å². The SMILES string of the molecule is CC(C1CC2CCC1C2)n1c(CO)nnc1SCC(=O)O. The quantitative estimate of drug-likeness (QED) is 0.781. The van der Waals surface area contributed by atoms with Crippen LogP contribution >= 0.6 is 11.8 Å². The van der Waals surface area contributed by atoms with E-state index in [0.29, 0.717) is 16.9 Å². The molecule has 3 rings (SSSR count). The lowest BCUT2D eigenvalue weighted by atomic mass is 9.84. The summed E-state index contributed by atoms with van der Waals surface area (Å²) in [7, 11) is 0. The van der Waals surface area contributed by atoms with Crippen LogP contribution in [0.4, 0.5) is 0 Å². The molecule has 2 aliphatic rings. The van der Waals surface area contributed by atoms with Gasteiger partial charge in [-0.2, -0.15) is 0 Å². The smallest absolute Gasteiger partial charge is 0.313 e. The van der Waals surface area contributed by atoms with Crippen molar-refractivity contribution < 1.29 is 15.0 Å². The van der Waals surface area contributed by atoms with E-state index in [1.165, 1.54) is 37.4 Å². The number of fused-ring (bicyclic) bond motifs is 2. The van der Waals surface area contributed by atoms with Gasteiger partial charge in [-0.05, 0) is 43.9 Å². The number of aliphatic hydroxyl groups excluding tert-OH is 1. The summed E-state index contributed by atoms with van der Waals surface area (Å²) in [6.45, 7) is 1.99. The minimum atomic E-state index is -0.868. The highest BCUT2D eigenvalue weighted by Gasteiger charge is 2.43. The van der Waals surface area contributed by atoms with Crippen LogP contribution in [0, 0.1) is 17.8 Å². The molecule has 0 aromatic carbocycles. The lowest BCUT2D eigenvalue weighted by Crippen LogP contribution is -2.24. The third-order valence-electron chi connectivity index (χ3n) is 5.02. The fourth-order valence-corrected chi connectivity index (χ4v) is 4.89. The highest BCUT2D eigenvalue weighted by molar-refractivity contribution is 7.99. The summed E-state index contributed by atoms with van der Waals surface area (Å²) < 4.78 is 1.96. The molecule has 2 fully saturated rings. The Morgan fingerprint density at radius 2 is 2.24 bits per heavy atom. The van der Waals surface area contributed by atoms with Gasteiger partial charge in [-0.15, -0.1) is 10.2 Å². The summed E-state index contributed by atoms with van der Waals surface area (Å²) in [5, 5.41) is 27.0. The van der Waals surface area contributed by atoms with Gasteiger partial charge in [0.25, 0.3) is 0 Å². The molecule has 1 heterocycles. The fourth-order valence-electron chi connectivity index (χ4n) is 4.13. The Bertz CT molecular complexity index is 534. The highest BCUT2D eigenvalue weighted by Crippen LogP contribution is 2.52. The maximum absolute atomic E-state index is 10.8. The molecule has 0 saturated heterocycles. The lowest BCUT2D eigenvalue weighted by molar-refractivity contribution is -0.133. The first kappa shape index (κ1) is 14.8. The summed E-state index contributed by atoms with van der Waals surface area (Å²) in [6.07, 6.45) is 5.21. The molecule has 21 heavy (non-hydrogen) atoms. The molecule has 0 amide bonds. The molecule has 0 radical (unpaired) electrons. The van der Waals surface area contributed by atoms with Crippen molar-refractivity contribution in [3.8, 4) is 0 Å². The van der Waals surface area contributed by atoms with Crippen LogP contribution in [0.3, 0.4) is 0 Å². The average Bonchev–Trinajstić information content (AvgIpc) is 3.18.